The number of hydrogen-bond acceptors (Lipinski definition) is 7. The van der Waals surface area contributed by atoms with Gasteiger partial charge in [0.25, 0.3) is 0 Å². The van der Waals surface area contributed by atoms with Gasteiger partial charge in [-0.05, 0) is 18.9 Å². The number of nitrogen functional groups attached to an aromatic ring is 1. The van der Waals surface area contributed by atoms with Crippen LogP contribution < -0.4 is 21.1 Å². The van der Waals surface area contributed by atoms with E-state index in [1.165, 1.54) is 11.3 Å². The average Bonchev–Trinajstić information content (AvgIpc) is 2.90. The Kier molecular flexibility index (Phi) is 4.20. The predicted octanol–water partition coefficient (Wildman–Crippen LogP) is 2.00. The summed E-state index contributed by atoms with van der Waals surface area (Å²) in [4.78, 5) is 20.7. The zero-order valence-electron chi connectivity index (χ0n) is 12.5. The van der Waals surface area contributed by atoms with E-state index in [1.54, 1.807) is 19.2 Å². The van der Waals surface area contributed by atoms with Gasteiger partial charge in [0.15, 0.2) is 10.9 Å². The van der Waals surface area contributed by atoms with E-state index in [9.17, 15) is 4.79 Å². The average molecular weight is 335 g/mol. The molecule has 0 fully saturated rings. The molecular formula is C14H17N5O3S. The number of aryl methyl sites for hydroxylation is 1. The first-order chi connectivity index (χ1) is 11.0. The predicted molar refractivity (Wildman–Crippen MR) is 87.6 cm³/mol. The highest BCUT2D eigenvalue weighted by molar-refractivity contribution is 7.15. The highest BCUT2D eigenvalue weighted by Gasteiger charge is 2.24. The van der Waals surface area contributed by atoms with Crippen LogP contribution in [0.15, 0.2) is 12.1 Å². The van der Waals surface area contributed by atoms with E-state index in [4.69, 9.17) is 15.6 Å². The van der Waals surface area contributed by atoms with Gasteiger partial charge < -0.3 is 26.2 Å². The Hall–Kier alpha value is -2.55. The van der Waals surface area contributed by atoms with E-state index in [1.807, 2.05) is 0 Å². The van der Waals surface area contributed by atoms with Crippen LogP contribution in [-0.2, 0) is 12.8 Å². The van der Waals surface area contributed by atoms with Crippen LogP contribution in [0.5, 0.6) is 5.88 Å². The number of rotatable bonds is 4. The molecule has 3 rings (SSSR count). The minimum Gasteiger partial charge on any atom is -0.481 e. The van der Waals surface area contributed by atoms with Crippen molar-refractivity contribution in [1.82, 2.24) is 15.3 Å². The van der Waals surface area contributed by atoms with Crippen molar-refractivity contribution < 1.29 is 14.6 Å². The van der Waals surface area contributed by atoms with E-state index >= 15 is 0 Å². The maximum absolute atomic E-state index is 10.8. The summed E-state index contributed by atoms with van der Waals surface area (Å²) >= 11 is 1.49. The van der Waals surface area contributed by atoms with Crippen molar-refractivity contribution in [2.45, 2.75) is 25.3 Å². The van der Waals surface area contributed by atoms with Crippen molar-refractivity contribution >= 4 is 34.1 Å². The van der Waals surface area contributed by atoms with Crippen molar-refractivity contribution in [2.24, 2.45) is 0 Å². The van der Waals surface area contributed by atoms with Crippen LogP contribution in [-0.4, -0.2) is 34.3 Å². The fraction of sp³-hybridized carbons (Fsp3) is 0.357. The second-order valence-electron chi connectivity index (χ2n) is 5.19. The van der Waals surface area contributed by atoms with E-state index in [2.05, 4.69) is 20.6 Å². The molecule has 0 radical (unpaired) electrons. The van der Waals surface area contributed by atoms with Crippen LogP contribution in [0.1, 0.15) is 17.0 Å². The molecule has 0 aromatic carbocycles. The number of aromatic nitrogens is 2. The maximum Gasteiger partial charge on any atom is 0.404 e. The SMILES string of the molecule is COc1ccc(N)c(Nc2nc3c(s2)CC(NC(=O)O)CC3)n1. The van der Waals surface area contributed by atoms with Gasteiger partial charge in [-0.2, -0.15) is 4.98 Å². The van der Waals surface area contributed by atoms with Gasteiger partial charge in [0, 0.05) is 23.4 Å². The molecule has 2 aromatic heterocycles. The van der Waals surface area contributed by atoms with Gasteiger partial charge in [-0.15, -0.1) is 11.3 Å². The molecule has 23 heavy (non-hydrogen) atoms. The quantitative estimate of drug-likeness (QED) is 0.674. The lowest BCUT2D eigenvalue weighted by molar-refractivity contribution is 0.188. The van der Waals surface area contributed by atoms with E-state index in [0.29, 0.717) is 28.9 Å². The fourth-order valence-electron chi connectivity index (χ4n) is 2.49. The Morgan fingerprint density at radius 3 is 3.04 bits per heavy atom. The summed E-state index contributed by atoms with van der Waals surface area (Å²) in [6, 6.07) is 3.35. The third-order valence-corrected chi connectivity index (χ3v) is 4.64. The summed E-state index contributed by atoms with van der Waals surface area (Å²) in [5.41, 5.74) is 7.42. The van der Waals surface area contributed by atoms with Gasteiger partial charge in [-0.25, -0.2) is 9.78 Å². The molecular weight excluding hydrogens is 318 g/mol. The third-order valence-electron chi connectivity index (χ3n) is 3.60. The molecule has 122 valence electrons. The summed E-state index contributed by atoms with van der Waals surface area (Å²) in [5, 5.41) is 15.2. The summed E-state index contributed by atoms with van der Waals surface area (Å²) in [6.45, 7) is 0. The van der Waals surface area contributed by atoms with Crippen molar-refractivity contribution in [2.75, 3.05) is 18.2 Å². The maximum atomic E-state index is 10.8. The highest BCUT2D eigenvalue weighted by atomic mass is 32.1. The van der Waals surface area contributed by atoms with Crippen molar-refractivity contribution in [3.8, 4) is 5.88 Å². The van der Waals surface area contributed by atoms with Crippen LogP contribution in [0.4, 0.5) is 21.4 Å². The monoisotopic (exact) mass is 335 g/mol. The minimum atomic E-state index is -0.991. The number of anilines is 3. The highest BCUT2D eigenvalue weighted by Crippen LogP contribution is 2.32. The number of nitrogens with two attached hydrogens (primary N) is 1. The number of ether oxygens (including phenoxy) is 1. The number of nitrogens with one attached hydrogen (secondary N) is 2. The Labute approximate surface area is 136 Å². The van der Waals surface area contributed by atoms with E-state index in [-0.39, 0.29) is 6.04 Å². The molecule has 0 bridgehead atoms. The number of thiazole rings is 1. The third kappa shape index (κ3) is 3.45. The summed E-state index contributed by atoms with van der Waals surface area (Å²) in [5.74, 6) is 0.962. The largest absolute Gasteiger partial charge is 0.481 e. The Morgan fingerprint density at radius 1 is 1.48 bits per heavy atom. The van der Waals surface area contributed by atoms with Gasteiger partial charge >= 0.3 is 6.09 Å². The van der Waals surface area contributed by atoms with E-state index in [0.717, 1.165) is 23.4 Å². The number of carbonyl (C=O) groups is 1. The fourth-order valence-corrected chi connectivity index (χ4v) is 3.58. The number of pyridine rings is 1. The normalized spacial score (nSPS) is 16.5. The number of fused-ring (bicyclic) bond motifs is 1. The van der Waals surface area contributed by atoms with Gasteiger partial charge in [0.2, 0.25) is 5.88 Å². The number of carboxylic acid groups (broad SMARTS) is 1. The molecule has 8 nitrogen and oxygen atoms in total. The number of nitrogens with zero attached hydrogens (tertiary/aromatic N) is 2. The molecule has 1 aliphatic rings. The van der Waals surface area contributed by atoms with Gasteiger partial charge in [0.05, 0.1) is 18.5 Å². The van der Waals surface area contributed by atoms with Crippen molar-refractivity contribution in [3.63, 3.8) is 0 Å². The Balaban J connectivity index is 1.76. The van der Waals surface area contributed by atoms with Crippen LogP contribution in [0.25, 0.3) is 0 Å². The van der Waals surface area contributed by atoms with Crippen LogP contribution in [0.2, 0.25) is 0 Å². The molecule has 0 saturated carbocycles. The van der Waals surface area contributed by atoms with Crippen molar-refractivity contribution in [3.05, 3.63) is 22.7 Å². The molecule has 1 atom stereocenters. The number of methoxy groups -OCH3 is 1. The first-order valence-corrected chi connectivity index (χ1v) is 7.92. The molecule has 2 heterocycles. The lowest BCUT2D eigenvalue weighted by Gasteiger charge is -2.20. The molecule has 1 aliphatic carbocycles. The summed E-state index contributed by atoms with van der Waals surface area (Å²) in [7, 11) is 1.54. The zero-order valence-corrected chi connectivity index (χ0v) is 13.3. The summed E-state index contributed by atoms with van der Waals surface area (Å²) in [6.07, 6.45) is 1.17. The lowest BCUT2D eigenvalue weighted by Crippen LogP contribution is -2.37. The zero-order chi connectivity index (χ0) is 16.4. The standard InChI is InChI=1S/C14H17N5O3S/c1-22-11-5-3-8(15)12(18-11)19-13-17-9-4-2-7(16-14(20)21)6-10(9)23-13/h3,5,7,16H,2,4,6,15H2,1H3,(H,20,21)(H,17,18,19). The molecule has 2 aromatic rings. The van der Waals surface area contributed by atoms with Gasteiger partial charge in [0.1, 0.15) is 0 Å². The Morgan fingerprint density at radius 2 is 2.30 bits per heavy atom. The molecule has 9 heteroatoms. The topological polar surface area (TPSA) is 122 Å². The molecule has 1 unspecified atom stereocenters. The lowest BCUT2D eigenvalue weighted by atomic mass is 9.98. The second-order valence-corrected chi connectivity index (χ2v) is 6.28. The molecule has 0 aliphatic heterocycles. The van der Waals surface area contributed by atoms with Crippen LogP contribution in [0.3, 0.4) is 0 Å². The summed E-state index contributed by atoms with van der Waals surface area (Å²) < 4.78 is 5.09. The van der Waals surface area contributed by atoms with Crippen LogP contribution >= 0.6 is 11.3 Å². The Bertz CT molecular complexity index is 733. The van der Waals surface area contributed by atoms with Crippen molar-refractivity contribution in [1.29, 1.82) is 0 Å². The molecule has 0 saturated heterocycles. The minimum absolute atomic E-state index is 0.0617. The number of amides is 1. The first kappa shape index (κ1) is 15.3. The molecule has 1 amide bonds. The molecule has 0 spiro atoms. The molecule has 5 N–H and O–H groups in total. The van der Waals surface area contributed by atoms with Crippen LogP contribution in [0, 0.1) is 0 Å². The van der Waals surface area contributed by atoms with Gasteiger partial charge in [-0.3, -0.25) is 0 Å². The second kappa shape index (κ2) is 6.29. The number of hydrogen-bond donors (Lipinski definition) is 4. The van der Waals surface area contributed by atoms with E-state index < -0.39 is 6.09 Å². The first-order valence-electron chi connectivity index (χ1n) is 7.10. The smallest absolute Gasteiger partial charge is 0.404 e. The van der Waals surface area contributed by atoms with Gasteiger partial charge in [-0.1, -0.05) is 0 Å².